The number of fused-ring (bicyclic) bond motifs is 1. The monoisotopic (exact) mass is 366 g/mol. The Labute approximate surface area is 151 Å². The van der Waals surface area contributed by atoms with Crippen LogP contribution in [0.3, 0.4) is 0 Å². The zero-order valence-electron chi connectivity index (χ0n) is 15.0. The third-order valence-electron chi connectivity index (χ3n) is 5.78. The van der Waals surface area contributed by atoms with Crippen LogP contribution in [0.5, 0.6) is 0 Å². The zero-order valence-corrected chi connectivity index (χ0v) is 15.0. The van der Waals surface area contributed by atoms with Gasteiger partial charge in [-0.3, -0.25) is 0 Å². The third-order valence-corrected chi connectivity index (χ3v) is 5.78. The van der Waals surface area contributed by atoms with Crippen molar-refractivity contribution >= 4 is 22.4 Å². The number of alkyl halides is 3. The van der Waals surface area contributed by atoms with Crippen LogP contribution in [0.1, 0.15) is 57.3 Å². The largest absolute Gasteiger partial charge is 0.449 e. The maximum absolute atomic E-state index is 13.7. The number of aromatic nitrogens is 2. The fourth-order valence-electron chi connectivity index (χ4n) is 4.62. The number of rotatable bonds is 2. The number of hydrogen-bond donors (Lipinski definition) is 1. The molecule has 0 bridgehead atoms. The third kappa shape index (κ3) is 2.91. The number of nitrogens with two attached hydrogens (primary N) is 1. The van der Waals surface area contributed by atoms with Gasteiger partial charge in [-0.25, -0.2) is 4.98 Å². The van der Waals surface area contributed by atoms with E-state index in [0.717, 1.165) is 51.6 Å². The molecule has 1 aliphatic carbocycles. The molecule has 1 aromatic heterocycles. The summed E-state index contributed by atoms with van der Waals surface area (Å²) in [5.74, 6) is -0.284. The fraction of sp³-hybridized carbons (Fsp3) is 0.632. The van der Waals surface area contributed by atoms with Crippen LogP contribution in [0.25, 0.3) is 11.0 Å². The molecule has 1 saturated heterocycles. The summed E-state index contributed by atoms with van der Waals surface area (Å²) >= 11 is 0. The summed E-state index contributed by atoms with van der Waals surface area (Å²) in [5, 5.41) is 0. The molecule has 0 spiro atoms. The topological polar surface area (TPSA) is 47.1 Å². The number of nitrogen functional groups attached to an aromatic ring is 1. The quantitative estimate of drug-likeness (QED) is 0.762. The van der Waals surface area contributed by atoms with Crippen LogP contribution in [0.4, 0.5) is 24.5 Å². The lowest BCUT2D eigenvalue weighted by Crippen LogP contribution is -2.34. The van der Waals surface area contributed by atoms with Crippen LogP contribution in [-0.4, -0.2) is 22.6 Å². The van der Waals surface area contributed by atoms with Crippen molar-refractivity contribution in [2.24, 2.45) is 5.92 Å². The molecule has 1 atom stereocenters. The van der Waals surface area contributed by atoms with Crippen molar-refractivity contribution in [3.8, 4) is 0 Å². The molecule has 4 nitrogen and oxygen atoms in total. The number of piperidine rings is 1. The molecule has 2 fully saturated rings. The van der Waals surface area contributed by atoms with Gasteiger partial charge in [0, 0.05) is 19.1 Å². The highest BCUT2D eigenvalue weighted by Crippen LogP contribution is 2.43. The van der Waals surface area contributed by atoms with Gasteiger partial charge in [0.15, 0.2) is 0 Å². The van der Waals surface area contributed by atoms with Crippen LogP contribution < -0.4 is 10.6 Å². The number of hydrogen-bond acceptors (Lipinski definition) is 3. The van der Waals surface area contributed by atoms with Gasteiger partial charge in [0.2, 0.25) is 5.82 Å². The van der Waals surface area contributed by atoms with E-state index in [-0.39, 0.29) is 6.04 Å². The van der Waals surface area contributed by atoms with Gasteiger partial charge in [-0.2, -0.15) is 13.2 Å². The number of halogens is 3. The summed E-state index contributed by atoms with van der Waals surface area (Å²) in [4.78, 5) is 6.23. The molecule has 2 aromatic rings. The van der Waals surface area contributed by atoms with E-state index in [9.17, 15) is 13.2 Å². The zero-order chi connectivity index (χ0) is 18.5. The Morgan fingerprint density at radius 1 is 1.12 bits per heavy atom. The molecule has 0 amide bonds. The standard InChI is InChI=1S/C19H25F3N4/c1-12-5-4-10-25(11-12)17-14(23)8-9-15-16(17)24-18(19(20,21)22)26(15)13-6-2-3-7-13/h8-9,12-13H,2-7,10-11,23H2,1H3/t12-/m1/s1. The van der Waals surface area contributed by atoms with Gasteiger partial charge in [-0.05, 0) is 43.7 Å². The number of benzene rings is 1. The van der Waals surface area contributed by atoms with E-state index in [2.05, 4.69) is 16.8 Å². The average molecular weight is 366 g/mol. The minimum absolute atomic E-state index is 0.131. The Morgan fingerprint density at radius 3 is 2.50 bits per heavy atom. The van der Waals surface area contributed by atoms with Crippen molar-refractivity contribution in [3.05, 3.63) is 18.0 Å². The summed E-state index contributed by atoms with van der Waals surface area (Å²) in [6.07, 6.45) is 1.16. The van der Waals surface area contributed by atoms with Crippen LogP contribution in [-0.2, 0) is 6.18 Å². The number of nitrogens with zero attached hydrogens (tertiary/aromatic N) is 3. The van der Waals surface area contributed by atoms with Crippen molar-refractivity contribution in [1.82, 2.24) is 9.55 Å². The molecule has 1 aromatic carbocycles. The van der Waals surface area contributed by atoms with Crippen molar-refractivity contribution in [1.29, 1.82) is 0 Å². The Kier molecular flexibility index (Phi) is 4.28. The molecular formula is C19H25F3N4. The van der Waals surface area contributed by atoms with Crippen LogP contribution in [0.2, 0.25) is 0 Å². The van der Waals surface area contributed by atoms with Gasteiger partial charge in [-0.15, -0.1) is 0 Å². The maximum Gasteiger partial charge on any atom is 0.449 e. The van der Waals surface area contributed by atoms with E-state index < -0.39 is 12.0 Å². The molecular weight excluding hydrogens is 341 g/mol. The first-order valence-electron chi connectivity index (χ1n) is 9.49. The first kappa shape index (κ1) is 17.5. The SMILES string of the molecule is C[C@@H]1CCCN(c2c(N)ccc3c2nc(C(F)(F)F)n3C2CCCC2)C1. The minimum atomic E-state index is -4.47. The van der Waals surface area contributed by atoms with E-state index in [1.54, 1.807) is 12.1 Å². The lowest BCUT2D eigenvalue weighted by Gasteiger charge is -2.33. The minimum Gasteiger partial charge on any atom is -0.397 e. The number of anilines is 2. The molecule has 0 unspecified atom stereocenters. The predicted molar refractivity (Wildman–Crippen MR) is 97.3 cm³/mol. The molecule has 2 aliphatic rings. The second kappa shape index (κ2) is 6.35. The Balaban J connectivity index is 1.92. The second-order valence-electron chi connectivity index (χ2n) is 7.81. The molecule has 0 radical (unpaired) electrons. The van der Waals surface area contributed by atoms with Gasteiger partial charge >= 0.3 is 6.18 Å². The Morgan fingerprint density at radius 2 is 1.85 bits per heavy atom. The lowest BCUT2D eigenvalue weighted by atomic mass is 9.99. The lowest BCUT2D eigenvalue weighted by molar-refractivity contribution is -0.147. The highest BCUT2D eigenvalue weighted by molar-refractivity contribution is 5.96. The van der Waals surface area contributed by atoms with Gasteiger partial charge < -0.3 is 15.2 Å². The first-order valence-corrected chi connectivity index (χ1v) is 9.49. The molecule has 4 rings (SSSR count). The van der Waals surface area contributed by atoms with E-state index in [1.165, 1.54) is 4.57 Å². The van der Waals surface area contributed by atoms with E-state index in [4.69, 9.17) is 5.73 Å². The molecule has 26 heavy (non-hydrogen) atoms. The molecule has 142 valence electrons. The van der Waals surface area contributed by atoms with Gasteiger partial charge in [-0.1, -0.05) is 19.8 Å². The van der Waals surface area contributed by atoms with E-state index >= 15 is 0 Å². The van der Waals surface area contributed by atoms with Gasteiger partial charge in [0.05, 0.1) is 16.9 Å². The Bertz CT molecular complexity index is 805. The molecule has 1 aliphatic heterocycles. The van der Waals surface area contributed by atoms with Crippen LogP contribution in [0, 0.1) is 5.92 Å². The summed E-state index contributed by atoms with van der Waals surface area (Å²) in [6, 6.07) is 3.32. The summed E-state index contributed by atoms with van der Waals surface area (Å²) in [6.45, 7) is 3.78. The predicted octanol–water partition coefficient (Wildman–Crippen LogP) is 4.99. The molecule has 7 heteroatoms. The number of imidazole rings is 1. The second-order valence-corrected chi connectivity index (χ2v) is 7.81. The maximum atomic E-state index is 13.7. The fourth-order valence-corrected chi connectivity index (χ4v) is 4.62. The molecule has 1 saturated carbocycles. The van der Waals surface area contributed by atoms with Gasteiger partial charge in [0.1, 0.15) is 5.52 Å². The van der Waals surface area contributed by atoms with Crippen molar-refractivity contribution < 1.29 is 13.2 Å². The van der Waals surface area contributed by atoms with Crippen molar-refractivity contribution in [2.75, 3.05) is 23.7 Å². The highest BCUT2D eigenvalue weighted by Gasteiger charge is 2.40. The highest BCUT2D eigenvalue weighted by atomic mass is 19.4. The summed E-state index contributed by atoms with van der Waals surface area (Å²) < 4.78 is 42.7. The first-order chi connectivity index (χ1) is 12.4. The summed E-state index contributed by atoms with van der Waals surface area (Å²) in [5.41, 5.74) is 8.36. The smallest absolute Gasteiger partial charge is 0.397 e. The molecule has 2 N–H and O–H groups in total. The van der Waals surface area contributed by atoms with Gasteiger partial charge in [0.25, 0.3) is 0 Å². The summed E-state index contributed by atoms with van der Waals surface area (Å²) in [7, 11) is 0. The Hall–Kier alpha value is -1.92. The van der Waals surface area contributed by atoms with Crippen molar-refractivity contribution in [2.45, 2.75) is 57.7 Å². The average Bonchev–Trinajstić information content (AvgIpc) is 3.20. The normalized spacial score (nSPS) is 22.5. The van der Waals surface area contributed by atoms with E-state index in [1.807, 2.05) is 0 Å². The van der Waals surface area contributed by atoms with E-state index in [0.29, 0.717) is 28.3 Å². The van der Waals surface area contributed by atoms with Crippen molar-refractivity contribution in [3.63, 3.8) is 0 Å². The van der Waals surface area contributed by atoms with Crippen LogP contribution in [0.15, 0.2) is 12.1 Å². The van der Waals surface area contributed by atoms with Crippen LogP contribution >= 0.6 is 0 Å². The molecule has 2 heterocycles.